The highest BCUT2D eigenvalue weighted by molar-refractivity contribution is 6.28. The number of halogens is 1. The van der Waals surface area contributed by atoms with Gasteiger partial charge < -0.3 is 5.32 Å². The van der Waals surface area contributed by atoms with Gasteiger partial charge in [0.25, 0.3) is 0 Å². The number of aromatic nitrogens is 2. The summed E-state index contributed by atoms with van der Waals surface area (Å²) in [6.07, 6.45) is 2.60. The summed E-state index contributed by atoms with van der Waals surface area (Å²) < 4.78 is 0. The zero-order valence-corrected chi connectivity index (χ0v) is 6.88. The van der Waals surface area contributed by atoms with Crippen molar-refractivity contribution in [3.8, 4) is 0 Å². The second-order valence-corrected chi connectivity index (χ2v) is 2.24. The van der Waals surface area contributed by atoms with E-state index in [0.29, 0.717) is 5.82 Å². The Kier molecular flexibility index (Phi) is 2.76. The van der Waals surface area contributed by atoms with E-state index in [1.54, 1.807) is 0 Å². The average Bonchev–Trinajstić information content (AvgIpc) is 2.04. The predicted octanol–water partition coefficient (Wildman–Crippen LogP) is 1.25. The highest BCUT2D eigenvalue weighted by Gasteiger charge is 1.98. The van der Waals surface area contributed by atoms with Crippen LogP contribution in [0.2, 0.25) is 5.28 Å². The summed E-state index contributed by atoms with van der Waals surface area (Å²) in [6.45, 7) is 3.29. The first-order chi connectivity index (χ1) is 5.72. The van der Waals surface area contributed by atoms with E-state index in [9.17, 15) is 4.79 Å². The molecule has 0 bridgehead atoms. The van der Waals surface area contributed by atoms with E-state index in [1.165, 1.54) is 12.3 Å². The maximum Gasteiger partial charge on any atom is 0.248 e. The van der Waals surface area contributed by atoms with Crippen molar-refractivity contribution in [2.45, 2.75) is 0 Å². The lowest BCUT2D eigenvalue weighted by atomic mass is 10.5. The lowest BCUT2D eigenvalue weighted by molar-refractivity contribution is -0.111. The molecule has 0 aliphatic carbocycles. The highest BCUT2D eigenvalue weighted by atomic mass is 35.5. The van der Waals surface area contributed by atoms with Crippen LogP contribution in [0.15, 0.2) is 24.9 Å². The topological polar surface area (TPSA) is 54.9 Å². The van der Waals surface area contributed by atoms with E-state index in [-0.39, 0.29) is 11.2 Å². The van der Waals surface area contributed by atoms with Crippen molar-refractivity contribution >= 4 is 23.3 Å². The van der Waals surface area contributed by atoms with E-state index in [4.69, 9.17) is 11.6 Å². The van der Waals surface area contributed by atoms with Gasteiger partial charge in [-0.05, 0) is 23.7 Å². The Balaban J connectivity index is 2.76. The van der Waals surface area contributed by atoms with Gasteiger partial charge in [0.1, 0.15) is 5.82 Å². The number of hydrogen-bond acceptors (Lipinski definition) is 3. The molecule has 1 N–H and O–H groups in total. The van der Waals surface area contributed by atoms with Crippen LogP contribution in [0.3, 0.4) is 0 Å². The van der Waals surface area contributed by atoms with Crippen molar-refractivity contribution in [1.29, 1.82) is 0 Å². The molecule has 0 aliphatic heterocycles. The number of hydrogen-bond donors (Lipinski definition) is 1. The fraction of sp³-hybridized carbons (Fsp3) is 0. The van der Waals surface area contributed by atoms with E-state index in [0.717, 1.165) is 6.08 Å². The van der Waals surface area contributed by atoms with E-state index < -0.39 is 0 Å². The Morgan fingerprint density at radius 1 is 1.75 bits per heavy atom. The van der Waals surface area contributed by atoms with E-state index in [1.807, 2.05) is 0 Å². The summed E-state index contributed by atoms with van der Waals surface area (Å²) in [6, 6.07) is 1.54. The molecule has 1 aromatic heterocycles. The van der Waals surface area contributed by atoms with Gasteiger partial charge in [0.2, 0.25) is 11.2 Å². The Hall–Kier alpha value is -1.42. The zero-order valence-electron chi connectivity index (χ0n) is 6.12. The highest BCUT2D eigenvalue weighted by Crippen LogP contribution is 2.05. The van der Waals surface area contributed by atoms with Crippen molar-refractivity contribution in [3.05, 3.63) is 30.2 Å². The van der Waals surface area contributed by atoms with Crippen LogP contribution in [0, 0.1) is 0 Å². The smallest absolute Gasteiger partial charge is 0.248 e. The molecule has 1 aromatic rings. The molecule has 0 radical (unpaired) electrons. The van der Waals surface area contributed by atoms with Gasteiger partial charge in [0, 0.05) is 6.20 Å². The second kappa shape index (κ2) is 3.82. The van der Waals surface area contributed by atoms with Crippen molar-refractivity contribution in [1.82, 2.24) is 9.97 Å². The normalized spacial score (nSPS) is 9.08. The number of rotatable bonds is 2. The molecule has 5 heteroatoms. The first-order valence-electron chi connectivity index (χ1n) is 3.14. The average molecular weight is 184 g/mol. The van der Waals surface area contributed by atoms with Crippen molar-refractivity contribution in [2.24, 2.45) is 0 Å². The largest absolute Gasteiger partial charge is 0.307 e. The van der Waals surface area contributed by atoms with Gasteiger partial charge in [0.15, 0.2) is 0 Å². The molecule has 0 atom stereocenters. The first kappa shape index (κ1) is 8.67. The predicted molar refractivity (Wildman–Crippen MR) is 45.9 cm³/mol. The number of anilines is 1. The van der Waals surface area contributed by atoms with Crippen LogP contribution in [0.4, 0.5) is 5.82 Å². The SMILES string of the molecule is C=CC(=O)Nc1ccnc(Cl)n1. The van der Waals surface area contributed by atoms with Gasteiger partial charge in [0.05, 0.1) is 0 Å². The molecule has 0 spiro atoms. The van der Waals surface area contributed by atoms with Gasteiger partial charge >= 0.3 is 0 Å². The van der Waals surface area contributed by atoms with E-state index >= 15 is 0 Å². The molecule has 0 saturated heterocycles. The molecule has 0 fully saturated rings. The number of carbonyl (C=O) groups excluding carboxylic acids is 1. The lowest BCUT2D eigenvalue weighted by Crippen LogP contribution is -2.08. The summed E-state index contributed by atoms with van der Waals surface area (Å²) in [5.41, 5.74) is 0. The second-order valence-electron chi connectivity index (χ2n) is 1.90. The maximum atomic E-state index is 10.8. The monoisotopic (exact) mass is 183 g/mol. The maximum absolute atomic E-state index is 10.8. The fourth-order valence-corrected chi connectivity index (χ4v) is 0.729. The summed E-state index contributed by atoms with van der Waals surface area (Å²) in [5.74, 6) is 0.0321. The molecule has 1 amide bonds. The third-order valence-electron chi connectivity index (χ3n) is 1.06. The molecular weight excluding hydrogens is 178 g/mol. The van der Waals surface area contributed by atoms with Gasteiger partial charge in [-0.15, -0.1) is 0 Å². The Labute approximate surface area is 74.3 Å². The van der Waals surface area contributed by atoms with Gasteiger partial charge in [-0.3, -0.25) is 4.79 Å². The minimum Gasteiger partial charge on any atom is -0.307 e. The van der Waals surface area contributed by atoms with Crippen LogP contribution in [-0.2, 0) is 4.79 Å². The first-order valence-corrected chi connectivity index (χ1v) is 3.52. The summed E-state index contributed by atoms with van der Waals surface area (Å²) in [4.78, 5) is 18.1. The van der Waals surface area contributed by atoms with Crippen LogP contribution < -0.4 is 5.32 Å². The van der Waals surface area contributed by atoms with Crippen LogP contribution in [0.5, 0.6) is 0 Å². The molecular formula is C7H6ClN3O. The molecule has 1 heterocycles. The fourth-order valence-electron chi connectivity index (χ4n) is 0.582. The van der Waals surface area contributed by atoms with Gasteiger partial charge in [-0.1, -0.05) is 6.58 Å². The minimum atomic E-state index is -0.329. The third kappa shape index (κ3) is 2.32. The molecule has 12 heavy (non-hydrogen) atoms. The quantitative estimate of drug-likeness (QED) is 0.555. The Bertz CT molecular complexity index is 313. The number of amides is 1. The molecule has 1 rings (SSSR count). The van der Waals surface area contributed by atoms with Crippen LogP contribution in [-0.4, -0.2) is 15.9 Å². The van der Waals surface area contributed by atoms with Crippen LogP contribution in [0.25, 0.3) is 0 Å². The van der Waals surface area contributed by atoms with Crippen LogP contribution in [0.1, 0.15) is 0 Å². The molecule has 0 unspecified atom stereocenters. The standard InChI is InChI=1S/C7H6ClN3O/c1-2-6(12)10-5-3-4-9-7(8)11-5/h2-4H,1H2,(H,9,10,11,12). The summed E-state index contributed by atoms with van der Waals surface area (Å²) >= 11 is 5.47. The van der Waals surface area contributed by atoms with Crippen LogP contribution >= 0.6 is 11.6 Å². The summed E-state index contributed by atoms with van der Waals surface area (Å²) in [5, 5.41) is 2.53. The van der Waals surface area contributed by atoms with Crippen molar-refractivity contribution in [3.63, 3.8) is 0 Å². The number of carbonyl (C=O) groups is 1. The molecule has 0 aromatic carbocycles. The summed E-state index contributed by atoms with van der Waals surface area (Å²) in [7, 11) is 0. The van der Waals surface area contributed by atoms with Crippen molar-refractivity contribution in [2.75, 3.05) is 5.32 Å². The zero-order chi connectivity index (χ0) is 8.97. The molecule has 0 aliphatic rings. The lowest BCUT2D eigenvalue weighted by Gasteiger charge is -1.98. The molecule has 0 saturated carbocycles. The molecule has 4 nitrogen and oxygen atoms in total. The number of nitrogens with zero attached hydrogens (tertiary/aromatic N) is 2. The molecule has 62 valence electrons. The third-order valence-corrected chi connectivity index (χ3v) is 1.24. The van der Waals surface area contributed by atoms with Gasteiger partial charge in [-0.2, -0.15) is 0 Å². The van der Waals surface area contributed by atoms with Gasteiger partial charge in [-0.25, -0.2) is 9.97 Å². The Morgan fingerprint density at radius 3 is 3.08 bits per heavy atom. The number of nitrogens with one attached hydrogen (secondary N) is 1. The van der Waals surface area contributed by atoms with Crippen molar-refractivity contribution < 1.29 is 4.79 Å². The minimum absolute atomic E-state index is 0.0943. The van der Waals surface area contributed by atoms with E-state index in [2.05, 4.69) is 21.9 Å². The Morgan fingerprint density at radius 2 is 2.50 bits per heavy atom.